The molecule has 2 aromatic rings. The molecular formula is C20H26F2N4O2S. The molecule has 6 nitrogen and oxygen atoms in total. The van der Waals surface area contributed by atoms with Gasteiger partial charge in [0.15, 0.2) is 5.13 Å². The summed E-state index contributed by atoms with van der Waals surface area (Å²) in [6.45, 7) is 6.64. The Morgan fingerprint density at radius 1 is 1.17 bits per heavy atom. The highest BCUT2D eigenvalue weighted by Gasteiger charge is 2.21. The van der Waals surface area contributed by atoms with Crippen molar-refractivity contribution in [2.45, 2.75) is 58.7 Å². The Morgan fingerprint density at radius 3 is 2.48 bits per heavy atom. The van der Waals surface area contributed by atoms with Crippen LogP contribution >= 0.6 is 11.3 Å². The van der Waals surface area contributed by atoms with Gasteiger partial charge in [0.1, 0.15) is 17.7 Å². The molecule has 2 amide bonds. The van der Waals surface area contributed by atoms with Gasteiger partial charge in [-0.3, -0.25) is 9.59 Å². The number of carbonyl (C=O) groups is 2. The van der Waals surface area contributed by atoms with E-state index in [2.05, 4.69) is 20.9 Å². The molecule has 0 radical (unpaired) electrons. The lowest BCUT2D eigenvalue weighted by molar-refractivity contribution is -0.126. The fourth-order valence-corrected chi connectivity index (χ4v) is 3.41. The van der Waals surface area contributed by atoms with E-state index in [1.54, 1.807) is 6.20 Å². The number of nitrogens with one attached hydrogen (secondary N) is 3. The number of hydrogen-bond donors (Lipinski definition) is 3. The third-order valence-corrected chi connectivity index (χ3v) is 4.90. The Balaban J connectivity index is 1.95. The number of anilines is 1. The first-order valence-electron chi connectivity index (χ1n) is 9.50. The molecule has 9 heteroatoms. The maximum absolute atomic E-state index is 13.3. The van der Waals surface area contributed by atoms with Crippen LogP contribution in [0.2, 0.25) is 0 Å². The van der Waals surface area contributed by atoms with Crippen molar-refractivity contribution in [1.29, 1.82) is 0 Å². The van der Waals surface area contributed by atoms with Crippen molar-refractivity contribution in [2.75, 3.05) is 5.32 Å². The van der Waals surface area contributed by atoms with Crippen molar-refractivity contribution < 1.29 is 18.4 Å². The Hall–Kier alpha value is -2.39. The number of carbonyl (C=O) groups excluding carboxylic acids is 2. The van der Waals surface area contributed by atoms with Crippen molar-refractivity contribution in [3.05, 3.63) is 46.5 Å². The van der Waals surface area contributed by atoms with Gasteiger partial charge in [-0.15, -0.1) is 11.3 Å². The molecule has 29 heavy (non-hydrogen) atoms. The topological polar surface area (TPSA) is 83.1 Å². The molecule has 1 aromatic carbocycles. The van der Waals surface area contributed by atoms with Crippen LogP contribution in [0.1, 0.15) is 44.1 Å². The van der Waals surface area contributed by atoms with Gasteiger partial charge in [-0.05, 0) is 24.1 Å². The molecule has 0 fully saturated rings. The van der Waals surface area contributed by atoms with Gasteiger partial charge in [0.05, 0.1) is 6.42 Å². The summed E-state index contributed by atoms with van der Waals surface area (Å²) in [4.78, 5) is 30.0. The minimum Gasteiger partial charge on any atom is -0.344 e. The highest BCUT2D eigenvalue weighted by atomic mass is 32.1. The summed E-state index contributed by atoms with van der Waals surface area (Å²) >= 11 is 1.36. The minimum absolute atomic E-state index is 0.206. The zero-order valence-corrected chi connectivity index (χ0v) is 17.5. The maximum atomic E-state index is 13.3. The van der Waals surface area contributed by atoms with Gasteiger partial charge in [0, 0.05) is 29.7 Å². The fourth-order valence-electron chi connectivity index (χ4n) is 2.65. The molecule has 0 saturated heterocycles. The first-order valence-corrected chi connectivity index (χ1v) is 10.3. The second-order valence-electron chi connectivity index (χ2n) is 7.02. The van der Waals surface area contributed by atoms with Gasteiger partial charge >= 0.3 is 0 Å². The fraction of sp³-hybridized carbons (Fsp3) is 0.450. The van der Waals surface area contributed by atoms with Crippen LogP contribution in [-0.4, -0.2) is 28.9 Å². The molecule has 1 unspecified atom stereocenters. The van der Waals surface area contributed by atoms with E-state index in [9.17, 15) is 18.4 Å². The van der Waals surface area contributed by atoms with Gasteiger partial charge in [-0.2, -0.15) is 0 Å². The SMILES string of the molecule is CCCC(NC(=O)Cc1cc(F)cc(F)c1)C(=O)Nc1ncc(CNC(C)C)s1. The Morgan fingerprint density at radius 2 is 1.86 bits per heavy atom. The van der Waals surface area contributed by atoms with Gasteiger partial charge < -0.3 is 16.0 Å². The number of aromatic nitrogens is 1. The summed E-state index contributed by atoms with van der Waals surface area (Å²) in [6.07, 6.45) is 2.59. The second kappa shape index (κ2) is 11.0. The molecule has 0 bridgehead atoms. The molecular weight excluding hydrogens is 398 g/mol. The number of thiazole rings is 1. The maximum Gasteiger partial charge on any atom is 0.248 e. The van der Waals surface area contributed by atoms with E-state index < -0.39 is 23.6 Å². The number of rotatable bonds is 10. The van der Waals surface area contributed by atoms with E-state index in [4.69, 9.17) is 0 Å². The lowest BCUT2D eigenvalue weighted by Gasteiger charge is -2.17. The van der Waals surface area contributed by atoms with Gasteiger partial charge in [0.25, 0.3) is 0 Å². The summed E-state index contributed by atoms with van der Waals surface area (Å²) in [6, 6.07) is 2.52. The molecule has 158 valence electrons. The van der Waals surface area contributed by atoms with E-state index >= 15 is 0 Å². The van der Waals surface area contributed by atoms with E-state index in [1.165, 1.54) is 11.3 Å². The average Bonchev–Trinajstić information content (AvgIpc) is 3.06. The van der Waals surface area contributed by atoms with Gasteiger partial charge in [0.2, 0.25) is 11.8 Å². The van der Waals surface area contributed by atoms with Crippen molar-refractivity contribution in [1.82, 2.24) is 15.6 Å². The molecule has 0 aliphatic carbocycles. The van der Waals surface area contributed by atoms with Crippen molar-refractivity contribution in [3.63, 3.8) is 0 Å². The largest absolute Gasteiger partial charge is 0.344 e. The van der Waals surface area contributed by atoms with Crippen LogP contribution in [0.25, 0.3) is 0 Å². The van der Waals surface area contributed by atoms with Crippen LogP contribution in [0, 0.1) is 11.6 Å². The van der Waals surface area contributed by atoms with Crippen LogP contribution in [0.5, 0.6) is 0 Å². The highest BCUT2D eigenvalue weighted by Crippen LogP contribution is 2.18. The van der Waals surface area contributed by atoms with E-state index in [0.717, 1.165) is 23.1 Å². The molecule has 1 aromatic heterocycles. The molecule has 0 aliphatic rings. The quantitative estimate of drug-likeness (QED) is 0.546. The molecule has 1 heterocycles. The molecule has 1 atom stereocenters. The lowest BCUT2D eigenvalue weighted by Crippen LogP contribution is -2.44. The average molecular weight is 425 g/mol. The summed E-state index contributed by atoms with van der Waals surface area (Å²) in [7, 11) is 0. The van der Waals surface area contributed by atoms with Crippen LogP contribution in [0.15, 0.2) is 24.4 Å². The summed E-state index contributed by atoms with van der Waals surface area (Å²) in [5.74, 6) is -2.35. The minimum atomic E-state index is -0.757. The van der Waals surface area contributed by atoms with E-state index in [-0.39, 0.29) is 17.9 Å². The normalized spacial score (nSPS) is 12.1. The monoisotopic (exact) mass is 424 g/mol. The Bertz CT molecular complexity index is 821. The summed E-state index contributed by atoms with van der Waals surface area (Å²) < 4.78 is 26.6. The predicted molar refractivity (Wildman–Crippen MR) is 110 cm³/mol. The third-order valence-electron chi connectivity index (χ3n) is 3.98. The molecule has 0 aliphatic heterocycles. The standard InChI is InChI=1S/C20H26F2N4O2S/c1-4-5-17(25-18(27)8-13-6-14(21)9-15(22)7-13)19(28)26-20-24-11-16(29-20)10-23-12(2)3/h6-7,9,11-12,17,23H,4-5,8,10H2,1-3H3,(H,25,27)(H,24,26,28). The molecule has 0 spiro atoms. The molecule has 0 saturated carbocycles. The van der Waals surface area contributed by atoms with E-state index in [0.29, 0.717) is 30.6 Å². The summed E-state index contributed by atoms with van der Waals surface area (Å²) in [5.41, 5.74) is 0.206. The van der Waals surface area contributed by atoms with E-state index in [1.807, 2.05) is 20.8 Å². The smallest absolute Gasteiger partial charge is 0.248 e. The van der Waals surface area contributed by atoms with Crippen molar-refractivity contribution in [3.8, 4) is 0 Å². The van der Waals surface area contributed by atoms with Crippen LogP contribution in [0.3, 0.4) is 0 Å². The van der Waals surface area contributed by atoms with Gasteiger partial charge in [-0.1, -0.05) is 27.2 Å². The third kappa shape index (κ3) is 7.86. The molecule has 3 N–H and O–H groups in total. The van der Waals surface area contributed by atoms with Crippen LogP contribution < -0.4 is 16.0 Å². The number of nitrogens with zero attached hydrogens (tertiary/aromatic N) is 1. The first-order chi connectivity index (χ1) is 13.8. The first kappa shape index (κ1) is 22.9. The Labute approximate surface area is 173 Å². The zero-order chi connectivity index (χ0) is 21.4. The Kier molecular flexibility index (Phi) is 8.66. The van der Waals surface area contributed by atoms with Gasteiger partial charge in [-0.25, -0.2) is 13.8 Å². The van der Waals surface area contributed by atoms with Crippen molar-refractivity contribution >= 4 is 28.3 Å². The van der Waals surface area contributed by atoms with Crippen molar-refractivity contribution in [2.24, 2.45) is 0 Å². The lowest BCUT2D eigenvalue weighted by atomic mass is 10.1. The number of amides is 2. The highest BCUT2D eigenvalue weighted by molar-refractivity contribution is 7.15. The summed E-state index contributed by atoms with van der Waals surface area (Å²) in [5, 5.41) is 9.10. The zero-order valence-electron chi connectivity index (χ0n) is 16.7. The molecule has 2 rings (SSSR count). The number of hydrogen-bond acceptors (Lipinski definition) is 5. The van der Waals surface area contributed by atoms with Crippen LogP contribution in [-0.2, 0) is 22.6 Å². The number of halogens is 2. The number of benzene rings is 1. The predicted octanol–water partition coefficient (Wildman–Crippen LogP) is 3.39. The second-order valence-corrected chi connectivity index (χ2v) is 8.14. The van der Waals surface area contributed by atoms with Crippen LogP contribution in [0.4, 0.5) is 13.9 Å².